The molecule has 1 N–H and O–H groups in total. The van der Waals surface area contributed by atoms with Crippen molar-refractivity contribution in [1.29, 1.82) is 0 Å². The number of benzene rings is 1. The minimum atomic E-state index is -3.27. The van der Waals surface area contributed by atoms with Gasteiger partial charge in [-0.1, -0.05) is 19.1 Å². The second-order valence-electron chi connectivity index (χ2n) is 3.89. The number of hydrogen-bond acceptors (Lipinski definition) is 2. The van der Waals surface area contributed by atoms with Gasteiger partial charge in [0.2, 0.25) is 10.0 Å². The summed E-state index contributed by atoms with van der Waals surface area (Å²) in [5, 5.41) is 0. The first-order chi connectivity index (χ1) is 7.12. The van der Waals surface area contributed by atoms with E-state index in [2.05, 4.69) is 4.72 Å². The summed E-state index contributed by atoms with van der Waals surface area (Å²) < 4.78 is 26.2. The molecule has 1 aromatic rings. The molecule has 0 aliphatic heterocycles. The van der Waals surface area contributed by atoms with Gasteiger partial charge in [0.25, 0.3) is 0 Å². The maximum Gasteiger partial charge on any atom is 0.240 e. The Balaban J connectivity index is 2.19. The van der Waals surface area contributed by atoms with Gasteiger partial charge in [0, 0.05) is 6.04 Å². The van der Waals surface area contributed by atoms with Gasteiger partial charge >= 0.3 is 0 Å². The molecule has 0 amide bonds. The number of aryl methyl sites for hydroxylation is 1. The zero-order chi connectivity index (χ0) is 10.9. The Morgan fingerprint density at radius 3 is 2.33 bits per heavy atom. The molecule has 4 heteroatoms. The number of sulfonamides is 1. The molecule has 0 heterocycles. The van der Waals surface area contributed by atoms with Gasteiger partial charge in [-0.25, -0.2) is 13.1 Å². The molecule has 0 aromatic heterocycles. The Hall–Kier alpha value is -0.870. The van der Waals surface area contributed by atoms with Crippen molar-refractivity contribution in [3.05, 3.63) is 29.8 Å². The normalized spacial score (nSPS) is 16.6. The third-order valence-electron chi connectivity index (χ3n) is 2.54. The summed E-state index contributed by atoms with van der Waals surface area (Å²) in [5.74, 6) is 0. The molecule has 0 spiro atoms. The first kappa shape index (κ1) is 10.6. The maximum atomic E-state index is 11.8. The smallest absolute Gasteiger partial charge is 0.208 e. The molecule has 82 valence electrons. The van der Waals surface area contributed by atoms with E-state index in [9.17, 15) is 8.42 Å². The highest BCUT2D eigenvalue weighted by Crippen LogP contribution is 2.22. The fraction of sp³-hybridized carbons (Fsp3) is 0.455. The molecule has 15 heavy (non-hydrogen) atoms. The van der Waals surface area contributed by atoms with Gasteiger partial charge < -0.3 is 0 Å². The van der Waals surface area contributed by atoms with Gasteiger partial charge in [0.05, 0.1) is 4.90 Å². The van der Waals surface area contributed by atoms with Crippen LogP contribution < -0.4 is 4.72 Å². The van der Waals surface area contributed by atoms with Crippen molar-refractivity contribution in [2.75, 3.05) is 0 Å². The van der Waals surface area contributed by atoms with E-state index >= 15 is 0 Å². The van der Waals surface area contributed by atoms with Crippen molar-refractivity contribution in [1.82, 2.24) is 4.72 Å². The van der Waals surface area contributed by atoms with E-state index in [0.717, 1.165) is 24.8 Å². The summed E-state index contributed by atoms with van der Waals surface area (Å²) in [5.41, 5.74) is 1.15. The van der Waals surface area contributed by atoms with E-state index < -0.39 is 10.0 Å². The largest absolute Gasteiger partial charge is 0.240 e. The highest BCUT2D eigenvalue weighted by Gasteiger charge is 2.27. The van der Waals surface area contributed by atoms with Crippen LogP contribution in [0.2, 0.25) is 0 Å². The monoisotopic (exact) mass is 225 g/mol. The summed E-state index contributed by atoms with van der Waals surface area (Å²) >= 11 is 0. The molecule has 0 radical (unpaired) electrons. The molecule has 1 aliphatic rings. The predicted molar refractivity (Wildman–Crippen MR) is 59.2 cm³/mol. The third-order valence-corrected chi connectivity index (χ3v) is 4.08. The summed E-state index contributed by atoms with van der Waals surface area (Å²) in [7, 11) is -3.27. The summed E-state index contributed by atoms with van der Waals surface area (Å²) in [6, 6.07) is 7.23. The second-order valence-corrected chi connectivity index (χ2v) is 5.61. The van der Waals surface area contributed by atoms with Gasteiger partial charge in [-0.15, -0.1) is 0 Å². The predicted octanol–water partition coefficient (Wildman–Crippen LogP) is 1.69. The zero-order valence-corrected chi connectivity index (χ0v) is 9.55. The molecule has 1 saturated carbocycles. The molecule has 0 atom stereocenters. The standard InChI is InChI=1S/C11H15NO2S/c1-2-9-3-7-11(8-4-9)15(13,14)12-10-5-6-10/h3-4,7-8,10,12H,2,5-6H2,1H3. The van der Waals surface area contributed by atoms with Gasteiger partial charge in [0.15, 0.2) is 0 Å². The average Bonchev–Trinajstić information content (AvgIpc) is 3.01. The Labute approximate surface area is 90.6 Å². The Kier molecular flexibility index (Phi) is 2.80. The number of hydrogen-bond donors (Lipinski definition) is 1. The van der Waals surface area contributed by atoms with Crippen LogP contribution in [0.5, 0.6) is 0 Å². The zero-order valence-electron chi connectivity index (χ0n) is 8.73. The Morgan fingerprint density at radius 2 is 1.87 bits per heavy atom. The third kappa shape index (κ3) is 2.58. The van der Waals surface area contributed by atoms with Crippen molar-refractivity contribution in [3.63, 3.8) is 0 Å². The minimum absolute atomic E-state index is 0.167. The average molecular weight is 225 g/mol. The van der Waals surface area contributed by atoms with Crippen LogP contribution in [0.1, 0.15) is 25.3 Å². The van der Waals surface area contributed by atoms with Crippen LogP contribution in [-0.2, 0) is 16.4 Å². The van der Waals surface area contributed by atoms with Crippen molar-refractivity contribution in [2.24, 2.45) is 0 Å². The van der Waals surface area contributed by atoms with Crippen LogP contribution in [-0.4, -0.2) is 14.5 Å². The van der Waals surface area contributed by atoms with Crippen LogP contribution in [0.3, 0.4) is 0 Å². The maximum absolute atomic E-state index is 11.8. The fourth-order valence-corrected chi connectivity index (χ4v) is 2.70. The molecular formula is C11H15NO2S. The Morgan fingerprint density at radius 1 is 1.27 bits per heavy atom. The first-order valence-corrected chi connectivity index (χ1v) is 6.71. The van der Waals surface area contributed by atoms with Crippen LogP contribution in [0.25, 0.3) is 0 Å². The van der Waals surface area contributed by atoms with E-state index in [1.54, 1.807) is 12.1 Å². The van der Waals surface area contributed by atoms with E-state index in [1.165, 1.54) is 0 Å². The van der Waals surface area contributed by atoms with Crippen molar-refractivity contribution in [2.45, 2.75) is 37.1 Å². The van der Waals surface area contributed by atoms with Crippen LogP contribution in [0.15, 0.2) is 29.2 Å². The molecule has 1 fully saturated rings. The first-order valence-electron chi connectivity index (χ1n) is 5.23. The van der Waals surface area contributed by atoms with Crippen molar-refractivity contribution >= 4 is 10.0 Å². The highest BCUT2D eigenvalue weighted by atomic mass is 32.2. The quantitative estimate of drug-likeness (QED) is 0.847. The highest BCUT2D eigenvalue weighted by molar-refractivity contribution is 7.89. The summed E-state index contributed by atoms with van der Waals surface area (Å²) in [6.45, 7) is 2.05. The van der Waals surface area contributed by atoms with E-state index in [4.69, 9.17) is 0 Å². The lowest BCUT2D eigenvalue weighted by molar-refractivity contribution is 0.581. The van der Waals surface area contributed by atoms with Gasteiger partial charge in [-0.3, -0.25) is 0 Å². The van der Waals surface area contributed by atoms with Crippen molar-refractivity contribution in [3.8, 4) is 0 Å². The number of rotatable bonds is 4. The lowest BCUT2D eigenvalue weighted by Crippen LogP contribution is -2.25. The Bertz CT molecular complexity index is 432. The molecule has 2 rings (SSSR count). The molecular weight excluding hydrogens is 210 g/mol. The topological polar surface area (TPSA) is 46.2 Å². The van der Waals surface area contributed by atoms with Crippen LogP contribution >= 0.6 is 0 Å². The molecule has 1 aliphatic carbocycles. The van der Waals surface area contributed by atoms with E-state index in [0.29, 0.717) is 4.90 Å². The van der Waals surface area contributed by atoms with Crippen molar-refractivity contribution < 1.29 is 8.42 Å². The second kappa shape index (κ2) is 3.94. The molecule has 0 saturated heterocycles. The summed E-state index contributed by atoms with van der Waals surface area (Å²) in [6.07, 6.45) is 2.86. The minimum Gasteiger partial charge on any atom is -0.208 e. The van der Waals surface area contributed by atoms with E-state index in [1.807, 2.05) is 19.1 Å². The summed E-state index contributed by atoms with van der Waals surface area (Å²) in [4.78, 5) is 0.367. The van der Waals surface area contributed by atoms with Gasteiger partial charge in [-0.05, 0) is 37.0 Å². The van der Waals surface area contributed by atoms with Crippen LogP contribution in [0.4, 0.5) is 0 Å². The van der Waals surface area contributed by atoms with Gasteiger partial charge in [-0.2, -0.15) is 0 Å². The molecule has 0 bridgehead atoms. The fourth-order valence-electron chi connectivity index (χ4n) is 1.39. The lowest BCUT2D eigenvalue weighted by Gasteiger charge is -2.05. The molecule has 0 unspecified atom stereocenters. The lowest BCUT2D eigenvalue weighted by atomic mass is 10.2. The molecule has 3 nitrogen and oxygen atoms in total. The van der Waals surface area contributed by atoms with Gasteiger partial charge in [0.1, 0.15) is 0 Å². The van der Waals surface area contributed by atoms with Crippen LogP contribution in [0, 0.1) is 0 Å². The molecule has 1 aromatic carbocycles. The SMILES string of the molecule is CCc1ccc(S(=O)(=O)NC2CC2)cc1. The number of nitrogens with one attached hydrogen (secondary N) is 1. The van der Waals surface area contributed by atoms with E-state index in [-0.39, 0.29) is 6.04 Å².